The summed E-state index contributed by atoms with van der Waals surface area (Å²) in [6.07, 6.45) is 7.72. The normalized spacial score (nSPS) is 19.9. The SMILES string of the molecule is CS(=O)(=O)OCC1(COS(C)(=O)=O)CC=CCC1. The van der Waals surface area contributed by atoms with E-state index in [1.807, 2.05) is 12.2 Å². The molecule has 0 spiro atoms. The summed E-state index contributed by atoms with van der Waals surface area (Å²) < 4.78 is 53.7. The Hall–Kier alpha value is -0.440. The molecule has 0 aromatic carbocycles. The zero-order chi connectivity index (χ0) is 13.9. The van der Waals surface area contributed by atoms with E-state index in [4.69, 9.17) is 8.37 Å². The first-order valence-electron chi connectivity index (χ1n) is 5.46. The van der Waals surface area contributed by atoms with Crippen LogP contribution in [-0.2, 0) is 28.6 Å². The summed E-state index contributed by atoms with van der Waals surface area (Å²) in [6.45, 7) is -0.128. The number of hydrogen-bond donors (Lipinski definition) is 0. The van der Waals surface area contributed by atoms with Crippen molar-refractivity contribution in [1.82, 2.24) is 0 Å². The van der Waals surface area contributed by atoms with Crippen LogP contribution >= 0.6 is 0 Å². The largest absolute Gasteiger partial charge is 0.270 e. The maximum atomic E-state index is 11.0. The van der Waals surface area contributed by atoms with Crippen LogP contribution in [0.2, 0.25) is 0 Å². The summed E-state index contributed by atoms with van der Waals surface area (Å²) in [6, 6.07) is 0. The molecule has 0 saturated carbocycles. The molecule has 6 nitrogen and oxygen atoms in total. The summed E-state index contributed by atoms with van der Waals surface area (Å²) in [5.74, 6) is 0. The molecule has 0 aromatic rings. The minimum Gasteiger partial charge on any atom is -0.270 e. The van der Waals surface area contributed by atoms with Gasteiger partial charge in [0.2, 0.25) is 0 Å². The van der Waals surface area contributed by atoms with Gasteiger partial charge in [0, 0.05) is 5.41 Å². The minimum atomic E-state index is -3.54. The molecule has 18 heavy (non-hydrogen) atoms. The van der Waals surface area contributed by atoms with Crippen LogP contribution in [-0.4, -0.2) is 42.6 Å². The first kappa shape index (κ1) is 15.6. The van der Waals surface area contributed by atoms with Gasteiger partial charge in [0.15, 0.2) is 0 Å². The molecular weight excluding hydrogens is 280 g/mol. The lowest BCUT2D eigenvalue weighted by atomic mass is 9.79. The van der Waals surface area contributed by atoms with Crippen LogP contribution in [0.15, 0.2) is 12.2 Å². The fraction of sp³-hybridized carbons (Fsp3) is 0.800. The van der Waals surface area contributed by atoms with Crippen LogP contribution in [0.25, 0.3) is 0 Å². The fourth-order valence-corrected chi connectivity index (χ4v) is 2.64. The molecule has 0 aliphatic heterocycles. The van der Waals surface area contributed by atoms with Crippen LogP contribution in [0.1, 0.15) is 19.3 Å². The van der Waals surface area contributed by atoms with Gasteiger partial charge in [0.25, 0.3) is 20.2 Å². The van der Waals surface area contributed by atoms with Crippen LogP contribution in [0.5, 0.6) is 0 Å². The van der Waals surface area contributed by atoms with Crippen molar-refractivity contribution in [2.75, 3.05) is 25.7 Å². The molecule has 0 unspecified atom stereocenters. The molecule has 0 bridgehead atoms. The topological polar surface area (TPSA) is 86.7 Å². The monoisotopic (exact) mass is 298 g/mol. The second-order valence-electron chi connectivity index (χ2n) is 4.65. The average molecular weight is 298 g/mol. The van der Waals surface area contributed by atoms with Gasteiger partial charge in [-0.25, -0.2) is 0 Å². The van der Waals surface area contributed by atoms with E-state index in [0.29, 0.717) is 12.8 Å². The molecule has 8 heteroatoms. The highest BCUT2D eigenvalue weighted by molar-refractivity contribution is 7.86. The summed E-state index contributed by atoms with van der Waals surface area (Å²) in [4.78, 5) is 0. The maximum Gasteiger partial charge on any atom is 0.264 e. The predicted molar refractivity (Wildman–Crippen MR) is 67.0 cm³/mol. The number of allylic oxidation sites excluding steroid dienone is 2. The molecule has 1 rings (SSSR count). The first-order valence-corrected chi connectivity index (χ1v) is 9.09. The van der Waals surface area contributed by atoms with Crippen molar-refractivity contribution in [3.8, 4) is 0 Å². The predicted octanol–water partition coefficient (Wildman–Crippen LogP) is 0.665. The van der Waals surface area contributed by atoms with Crippen LogP contribution in [0.3, 0.4) is 0 Å². The van der Waals surface area contributed by atoms with Gasteiger partial charge in [-0.15, -0.1) is 0 Å². The van der Waals surface area contributed by atoms with Gasteiger partial charge in [0.05, 0.1) is 25.7 Å². The van der Waals surface area contributed by atoms with E-state index in [0.717, 1.165) is 18.9 Å². The van der Waals surface area contributed by atoms with Crippen molar-refractivity contribution in [3.63, 3.8) is 0 Å². The molecule has 0 fully saturated rings. The Bertz CT molecular complexity index is 466. The van der Waals surface area contributed by atoms with Crippen molar-refractivity contribution in [3.05, 3.63) is 12.2 Å². The molecule has 0 atom stereocenters. The van der Waals surface area contributed by atoms with Crippen LogP contribution in [0, 0.1) is 5.41 Å². The lowest BCUT2D eigenvalue weighted by Crippen LogP contribution is -2.35. The second-order valence-corrected chi connectivity index (χ2v) is 7.93. The number of rotatable bonds is 6. The highest BCUT2D eigenvalue weighted by atomic mass is 32.2. The third kappa shape index (κ3) is 5.94. The first-order chi connectivity index (χ1) is 8.12. The van der Waals surface area contributed by atoms with Gasteiger partial charge in [-0.1, -0.05) is 12.2 Å². The summed E-state index contributed by atoms with van der Waals surface area (Å²) >= 11 is 0. The van der Waals surface area contributed by atoms with Crippen molar-refractivity contribution in [1.29, 1.82) is 0 Å². The van der Waals surface area contributed by atoms with Gasteiger partial charge in [-0.2, -0.15) is 16.8 Å². The molecular formula is C10H18O6S2. The van der Waals surface area contributed by atoms with E-state index < -0.39 is 25.7 Å². The number of hydrogen-bond acceptors (Lipinski definition) is 6. The lowest BCUT2D eigenvalue weighted by molar-refractivity contribution is 0.0766. The van der Waals surface area contributed by atoms with Gasteiger partial charge in [-0.3, -0.25) is 8.37 Å². The molecule has 0 amide bonds. The zero-order valence-electron chi connectivity index (χ0n) is 10.5. The molecule has 0 N–H and O–H groups in total. The molecule has 106 valence electrons. The Labute approximate surface area is 108 Å². The smallest absolute Gasteiger partial charge is 0.264 e. The van der Waals surface area contributed by atoms with Crippen LogP contribution in [0.4, 0.5) is 0 Å². The Morgan fingerprint density at radius 2 is 1.50 bits per heavy atom. The maximum absolute atomic E-state index is 11.0. The van der Waals surface area contributed by atoms with Gasteiger partial charge < -0.3 is 0 Å². The Morgan fingerprint density at radius 1 is 1.00 bits per heavy atom. The standard InChI is InChI=1S/C10H18O6S2/c1-17(11,12)15-8-10(6-4-3-5-7-10)9-16-18(2,13)14/h3-4H,5-9H2,1-2H3. The average Bonchev–Trinajstić information content (AvgIpc) is 2.24. The van der Waals surface area contributed by atoms with E-state index in [2.05, 4.69) is 0 Å². The molecule has 1 aliphatic carbocycles. The third-order valence-corrected chi connectivity index (χ3v) is 3.81. The van der Waals surface area contributed by atoms with Crippen LogP contribution < -0.4 is 0 Å². The molecule has 1 aliphatic rings. The Balaban J connectivity index is 2.73. The van der Waals surface area contributed by atoms with Crippen molar-refractivity contribution in [2.45, 2.75) is 19.3 Å². The van der Waals surface area contributed by atoms with Gasteiger partial charge in [0.1, 0.15) is 0 Å². The third-order valence-electron chi connectivity index (χ3n) is 2.72. The van der Waals surface area contributed by atoms with E-state index >= 15 is 0 Å². The van der Waals surface area contributed by atoms with E-state index in [1.165, 1.54) is 0 Å². The van der Waals surface area contributed by atoms with E-state index in [-0.39, 0.29) is 13.2 Å². The van der Waals surface area contributed by atoms with Gasteiger partial charge >= 0.3 is 0 Å². The van der Waals surface area contributed by atoms with Gasteiger partial charge in [-0.05, 0) is 19.3 Å². The highest BCUT2D eigenvalue weighted by Crippen LogP contribution is 2.34. The summed E-state index contributed by atoms with van der Waals surface area (Å²) in [5.41, 5.74) is -0.596. The highest BCUT2D eigenvalue weighted by Gasteiger charge is 2.33. The quantitative estimate of drug-likeness (QED) is 0.529. The Morgan fingerprint density at radius 3 is 1.83 bits per heavy atom. The second kappa shape index (κ2) is 5.68. The van der Waals surface area contributed by atoms with Crippen molar-refractivity contribution < 1.29 is 25.2 Å². The summed E-state index contributed by atoms with van der Waals surface area (Å²) in [5, 5.41) is 0. The van der Waals surface area contributed by atoms with Crippen molar-refractivity contribution >= 4 is 20.2 Å². The Kier molecular flexibility index (Phi) is 4.93. The molecule has 0 heterocycles. The molecule has 0 radical (unpaired) electrons. The summed E-state index contributed by atoms with van der Waals surface area (Å²) in [7, 11) is -7.09. The zero-order valence-corrected chi connectivity index (χ0v) is 12.1. The molecule has 0 aromatic heterocycles. The van der Waals surface area contributed by atoms with E-state index in [9.17, 15) is 16.8 Å². The molecule has 0 saturated heterocycles. The van der Waals surface area contributed by atoms with Crippen molar-refractivity contribution in [2.24, 2.45) is 5.41 Å². The lowest BCUT2D eigenvalue weighted by Gasteiger charge is -2.33. The van der Waals surface area contributed by atoms with E-state index in [1.54, 1.807) is 0 Å². The minimum absolute atomic E-state index is 0.0638. The fourth-order valence-electron chi connectivity index (χ4n) is 1.71.